The SMILES string of the molecule is CC(C)[C@@H](CO)NC(=O)C1=CN(C)C=C(C=O)C1. The number of nitrogens with one attached hydrogen (secondary N) is 1. The number of carbonyl (C=O) groups is 2. The molecule has 0 fully saturated rings. The van der Waals surface area contributed by atoms with Crippen LogP contribution in [0.5, 0.6) is 0 Å². The Morgan fingerprint density at radius 2 is 2.22 bits per heavy atom. The molecule has 5 nitrogen and oxygen atoms in total. The van der Waals surface area contributed by atoms with E-state index in [1.54, 1.807) is 24.3 Å². The third kappa shape index (κ3) is 3.70. The zero-order valence-corrected chi connectivity index (χ0v) is 11.0. The van der Waals surface area contributed by atoms with Gasteiger partial charge in [-0.1, -0.05) is 13.8 Å². The number of rotatable bonds is 5. The minimum atomic E-state index is -0.269. The molecule has 0 radical (unpaired) electrons. The van der Waals surface area contributed by atoms with Crippen molar-refractivity contribution in [2.75, 3.05) is 13.7 Å². The van der Waals surface area contributed by atoms with Gasteiger partial charge in [-0.2, -0.15) is 0 Å². The van der Waals surface area contributed by atoms with Crippen LogP contribution >= 0.6 is 0 Å². The van der Waals surface area contributed by atoms with Crippen LogP contribution in [0, 0.1) is 5.92 Å². The fourth-order valence-corrected chi connectivity index (χ4v) is 1.75. The first-order valence-corrected chi connectivity index (χ1v) is 5.98. The average molecular weight is 252 g/mol. The molecule has 0 saturated heterocycles. The Morgan fingerprint density at radius 1 is 1.56 bits per heavy atom. The molecule has 1 amide bonds. The molecule has 1 rings (SSSR count). The summed E-state index contributed by atoms with van der Waals surface area (Å²) < 4.78 is 0. The fraction of sp³-hybridized carbons (Fsp3) is 0.538. The maximum Gasteiger partial charge on any atom is 0.249 e. The van der Waals surface area contributed by atoms with Crippen LogP contribution in [0.4, 0.5) is 0 Å². The lowest BCUT2D eigenvalue weighted by Crippen LogP contribution is -2.42. The molecule has 0 aromatic rings. The van der Waals surface area contributed by atoms with Gasteiger partial charge in [-0.15, -0.1) is 0 Å². The van der Waals surface area contributed by atoms with E-state index in [-0.39, 0.29) is 24.5 Å². The van der Waals surface area contributed by atoms with E-state index in [0.717, 1.165) is 6.29 Å². The molecule has 0 unspecified atom stereocenters. The highest BCUT2D eigenvalue weighted by molar-refractivity contribution is 5.95. The van der Waals surface area contributed by atoms with Crippen LogP contribution in [0.25, 0.3) is 0 Å². The molecule has 0 saturated carbocycles. The Kier molecular flexibility index (Phi) is 5.09. The fourth-order valence-electron chi connectivity index (χ4n) is 1.75. The zero-order valence-electron chi connectivity index (χ0n) is 11.0. The average Bonchev–Trinajstić information content (AvgIpc) is 2.34. The molecule has 1 aliphatic heterocycles. The largest absolute Gasteiger partial charge is 0.394 e. The zero-order chi connectivity index (χ0) is 13.7. The number of nitrogens with zero attached hydrogens (tertiary/aromatic N) is 1. The Bertz CT molecular complexity index is 386. The molecular weight excluding hydrogens is 232 g/mol. The lowest BCUT2D eigenvalue weighted by Gasteiger charge is -2.23. The summed E-state index contributed by atoms with van der Waals surface area (Å²) in [5.74, 6) is -0.0796. The van der Waals surface area contributed by atoms with Crippen LogP contribution in [0.1, 0.15) is 20.3 Å². The number of amides is 1. The molecule has 2 N–H and O–H groups in total. The van der Waals surface area contributed by atoms with Gasteiger partial charge in [0.05, 0.1) is 12.6 Å². The number of aliphatic hydroxyl groups excluding tert-OH is 1. The highest BCUT2D eigenvalue weighted by Crippen LogP contribution is 2.17. The number of hydrogen-bond donors (Lipinski definition) is 2. The lowest BCUT2D eigenvalue weighted by molar-refractivity contribution is -0.119. The van der Waals surface area contributed by atoms with Crippen molar-refractivity contribution in [3.8, 4) is 0 Å². The first-order valence-electron chi connectivity index (χ1n) is 5.98. The number of aldehydes is 1. The van der Waals surface area contributed by atoms with E-state index in [0.29, 0.717) is 17.6 Å². The van der Waals surface area contributed by atoms with E-state index >= 15 is 0 Å². The van der Waals surface area contributed by atoms with Crippen LogP contribution in [0.15, 0.2) is 23.5 Å². The molecule has 0 aliphatic carbocycles. The van der Waals surface area contributed by atoms with E-state index in [2.05, 4.69) is 5.32 Å². The second-order valence-corrected chi connectivity index (χ2v) is 4.82. The number of hydrogen-bond acceptors (Lipinski definition) is 4. The molecule has 0 spiro atoms. The van der Waals surface area contributed by atoms with Gasteiger partial charge < -0.3 is 15.3 Å². The van der Waals surface area contributed by atoms with E-state index in [9.17, 15) is 14.7 Å². The van der Waals surface area contributed by atoms with E-state index in [1.165, 1.54) is 0 Å². The lowest BCUT2D eigenvalue weighted by atomic mass is 10.0. The summed E-state index contributed by atoms with van der Waals surface area (Å²) in [5.41, 5.74) is 1.09. The van der Waals surface area contributed by atoms with Crippen LogP contribution in [0.2, 0.25) is 0 Å². The van der Waals surface area contributed by atoms with Crippen LogP contribution in [-0.2, 0) is 9.59 Å². The van der Waals surface area contributed by atoms with Crippen molar-refractivity contribution >= 4 is 12.2 Å². The van der Waals surface area contributed by atoms with Gasteiger partial charge >= 0.3 is 0 Å². The topological polar surface area (TPSA) is 69.6 Å². The maximum absolute atomic E-state index is 12.0. The molecule has 0 aromatic heterocycles. The Morgan fingerprint density at radius 3 is 2.72 bits per heavy atom. The van der Waals surface area contributed by atoms with Crippen molar-refractivity contribution in [3.05, 3.63) is 23.5 Å². The van der Waals surface area contributed by atoms with Gasteiger partial charge in [0.25, 0.3) is 0 Å². The molecule has 100 valence electrons. The number of allylic oxidation sites excluding steroid dienone is 1. The van der Waals surface area contributed by atoms with Crippen molar-refractivity contribution in [2.45, 2.75) is 26.3 Å². The van der Waals surface area contributed by atoms with Crippen LogP contribution in [-0.4, -0.2) is 41.9 Å². The van der Waals surface area contributed by atoms with E-state index < -0.39 is 0 Å². The maximum atomic E-state index is 12.0. The van der Waals surface area contributed by atoms with Gasteiger partial charge in [0.15, 0.2) is 0 Å². The van der Waals surface area contributed by atoms with Crippen molar-refractivity contribution in [1.82, 2.24) is 10.2 Å². The van der Waals surface area contributed by atoms with E-state index in [1.807, 2.05) is 13.8 Å². The Balaban J connectivity index is 2.70. The third-order valence-electron chi connectivity index (χ3n) is 2.88. The second kappa shape index (κ2) is 6.35. The van der Waals surface area contributed by atoms with Gasteiger partial charge in [0, 0.05) is 37.0 Å². The van der Waals surface area contributed by atoms with Crippen molar-refractivity contribution in [1.29, 1.82) is 0 Å². The Labute approximate surface area is 107 Å². The summed E-state index contributed by atoms with van der Waals surface area (Å²) in [6, 6.07) is -0.269. The van der Waals surface area contributed by atoms with Gasteiger partial charge in [0.2, 0.25) is 5.91 Å². The normalized spacial score (nSPS) is 17.1. The van der Waals surface area contributed by atoms with Gasteiger partial charge in [-0.3, -0.25) is 9.59 Å². The smallest absolute Gasteiger partial charge is 0.249 e. The minimum Gasteiger partial charge on any atom is -0.394 e. The van der Waals surface area contributed by atoms with Crippen molar-refractivity contribution in [2.24, 2.45) is 5.92 Å². The number of carbonyl (C=O) groups excluding carboxylic acids is 2. The molecule has 1 aliphatic rings. The predicted molar refractivity (Wildman–Crippen MR) is 68.5 cm³/mol. The second-order valence-electron chi connectivity index (χ2n) is 4.82. The molecule has 1 atom stereocenters. The first kappa shape index (κ1) is 14.4. The molecule has 0 bridgehead atoms. The van der Waals surface area contributed by atoms with Crippen molar-refractivity contribution in [3.63, 3.8) is 0 Å². The van der Waals surface area contributed by atoms with Crippen LogP contribution < -0.4 is 5.32 Å². The number of aliphatic hydroxyl groups is 1. The van der Waals surface area contributed by atoms with Crippen molar-refractivity contribution < 1.29 is 14.7 Å². The summed E-state index contributed by atoms with van der Waals surface area (Å²) in [5, 5.41) is 12.0. The summed E-state index contributed by atoms with van der Waals surface area (Å²) >= 11 is 0. The highest BCUT2D eigenvalue weighted by Gasteiger charge is 2.20. The molecule has 5 heteroatoms. The summed E-state index contributed by atoms with van der Waals surface area (Å²) in [6.45, 7) is 3.77. The predicted octanol–water partition coefficient (Wildman–Crippen LogP) is 0.422. The van der Waals surface area contributed by atoms with E-state index in [4.69, 9.17) is 0 Å². The van der Waals surface area contributed by atoms with Gasteiger partial charge in [-0.05, 0) is 5.92 Å². The monoisotopic (exact) mass is 252 g/mol. The molecule has 18 heavy (non-hydrogen) atoms. The molecular formula is C13H20N2O3. The minimum absolute atomic E-state index is 0.0943. The highest BCUT2D eigenvalue weighted by atomic mass is 16.3. The quantitative estimate of drug-likeness (QED) is 0.696. The molecule has 0 aromatic carbocycles. The standard InChI is InChI=1S/C13H20N2O3/c1-9(2)12(8-17)14-13(18)11-4-10(7-16)5-15(3)6-11/h5-7,9,12,17H,4,8H2,1-3H3,(H,14,18)/t12-/m1/s1. The summed E-state index contributed by atoms with van der Waals surface area (Å²) in [6.07, 6.45) is 4.46. The summed E-state index contributed by atoms with van der Waals surface area (Å²) in [4.78, 5) is 24.5. The van der Waals surface area contributed by atoms with Gasteiger partial charge in [0.1, 0.15) is 6.29 Å². The molecule has 1 heterocycles. The van der Waals surface area contributed by atoms with Crippen LogP contribution in [0.3, 0.4) is 0 Å². The van der Waals surface area contributed by atoms with Gasteiger partial charge in [-0.25, -0.2) is 0 Å². The third-order valence-corrected chi connectivity index (χ3v) is 2.88. The first-order chi connectivity index (χ1) is 8.47. The summed E-state index contributed by atoms with van der Waals surface area (Å²) in [7, 11) is 1.77. The Hall–Kier alpha value is -1.62.